The first kappa shape index (κ1) is 22.9. The summed E-state index contributed by atoms with van der Waals surface area (Å²) >= 11 is 0. The van der Waals surface area contributed by atoms with Gasteiger partial charge in [0.05, 0.1) is 24.8 Å². The first-order chi connectivity index (χ1) is 16.5. The highest BCUT2D eigenvalue weighted by Gasteiger charge is 2.30. The van der Waals surface area contributed by atoms with Crippen LogP contribution in [-0.4, -0.2) is 60.0 Å². The largest absolute Gasteiger partial charge is 0.507 e. The van der Waals surface area contributed by atoms with E-state index >= 15 is 0 Å². The second-order valence-electron chi connectivity index (χ2n) is 7.84. The number of hydrogen-bond acceptors (Lipinski definition) is 7. The fourth-order valence-electron chi connectivity index (χ4n) is 3.75. The topological polar surface area (TPSA) is 130 Å². The molecule has 9 heteroatoms. The van der Waals surface area contributed by atoms with Crippen molar-refractivity contribution in [3.05, 3.63) is 89.2 Å². The highest BCUT2D eigenvalue weighted by atomic mass is 16.5. The number of carbonyl (C=O) groups is 3. The molecule has 0 aliphatic carbocycles. The molecule has 0 spiro atoms. The second kappa shape index (κ2) is 10.1. The molecule has 34 heavy (non-hydrogen) atoms. The average molecular weight is 460 g/mol. The Morgan fingerprint density at radius 3 is 2.00 bits per heavy atom. The summed E-state index contributed by atoms with van der Waals surface area (Å²) in [6.07, 6.45) is 3.09. The molecule has 2 heterocycles. The number of carbonyl (C=O) groups excluding carboxylic acids is 3. The zero-order valence-corrected chi connectivity index (χ0v) is 18.4. The minimum atomic E-state index is -0.369. The molecule has 1 aliphatic rings. The highest BCUT2D eigenvalue weighted by Crippen LogP contribution is 2.25. The van der Waals surface area contributed by atoms with Gasteiger partial charge in [0.15, 0.2) is 5.78 Å². The van der Waals surface area contributed by atoms with Gasteiger partial charge in [-0.1, -0.05) is 12.1 Å². The number of pyridine rings is 1. The second-order valence-corrected chi connectivity index (χ2v) is 7.84. The summed E-state index contributed by atoms with van der Waals surface area (Å²) in [5, 5.41) is 19.2. The van der Waals surface area contributed by atoms with Gasteiger partial charge in [-0.2, -0.15) is 0 Å². The molecule has 2 amide bonds. The van der Waals surface area contributed by atoms with E-state index in [1.807, 2.05) is 0 Å². The number of methoxy groups -OCH3 is 1. The summed E-state index contributed by atoms with van der Waals surface area (Å²) in [6.45, 7) is 1.04. The van der Waals surface area contributed by atoms with Crippen molar-refractivity contribution in [1.82, 2.24) is 20.9 Å². The van der Waals surface area contributed by atoms with E-state index in [9.17, 15) is 19.5 Å². The summed E-state index contributed by atoms with van der Waals surface area (Å²) in [4.78, 5) is 41.9. The Kier molecular flexibility index (Phi) is 6.84. The number of nitrogens with one attached hydrogen (secondary N) is 3. The van der Waals surface area contributed by atoms with Crippen LogP contribution in [0.15, 0.2) is 67.0 Å². The van der Waals surface area contributed by atoms with Crippen molar-refractivity contribution in [3.8, 4) is 11.5 Å². The first-order valence-corrected chi connectivity index (χ1v) is 10.7. The maximum absolute atomic E-state index is 12.8. The zero-order valence-electron chi connectivity index (χ0n) is 18.4. The molecular formula is C25H24N4O5. The van der Waals surface area contributed by atoms with Crippen LogP contribution in [0.4, 0.5) is 0 Å². The van der Waals surface area contributed by atoms with Crippen molar-refractivity contribution in [2.45, 2.75) is 12.1 Å². The van der Waals surface area contributed by atoms with Crippen molar-refractivity contribution in [2.24, 2.45) is 0 Å². The number of aromatic nitrogens is 1. The smallest absolute Gasteiger partial charge is 0.251 e. The molecule has 0 radical (unpaired) electrons. The summed E-state index contributed by atoms with van der Waals surface area (Å²) in [6, 6.07) is 13.3. The predicted octanol–water partition coefficient (Wildman–Crippen LogP) is 1.53. The van der Waals surface area contributed by atoms with Crippen LogP contribution in [0.5, 0.6) is 11.5 Å². The van der Waals surface area contributed by atoms with Gasteiger partial charge in [0, 0.05) is 48.2 Å². The lowest BCUT2D eigenvalue weighted by atomic mass is 10.0. The molecule has 2 atom stereocenters. The van der Waals surface area contributed by atoms with Crippen molar-refractivity contribution in [2.75, 3.05) is 20.2 Å². The Hall–Kier alpha value is -4.24. The highest BCUT2D eigenvalue weighted by molar-refractivity contribution is 6.11. The standard InChI is InChI=1S/C25H24N4O5/c1-34-18-6-7-19(22(30)12-18)23(31)15-2-4-16(5-3-15)24(32)28-20-13-27-14-21(20)29-25(33)17-8-10-26-11-9-17/h2-12,20-21,27,30H,13-14H2,1H3,(H,28,32)(H,29,33)/t20?,21-/m1/s1. The van der Waals surface area contributed by atoms with Gasteiger partial charge in [0.1, 0.15) is 11.5 Å². The van der Waals surface area contributed by atoms with Crippen molar-refractivity contribution in [3.63, 3.8) is 0 Å². The maximum atomic E-state index is 12.8. The van der Waals surface area contributed by atoms with Gasteiger partial charge in [0.2, 0.25) is 0 Å². The third kappa shape index (κ3) is 5.05. The summed E-state index contributed by atoms with van der Waals surface area (Å²) in [7, 11) is 1.47. The quantitative estimate of drug-likeness (QED) is 0.394. The normalized spacial score (nSPS) is 17.1. The molecule has 2 aromatic carbocycles. The van der Waals surface area contributed by atoms with Crippen LogP contribution in [0.3, 0.4) is 0 Å². The number of ketones is 1. The number of rotatable bonds is 7. The zero-order chi connectivity index (χ0) is 24.1. The minimum absolute atomic E-state index is 0.141. The number of ether oxygens (including phenoxy) is 1. The lowest BCUT2D eigenvalue weighted by Crippen LogP contribution is -2.51. The molecule has 3 aromatic rings. The number of aromatic hydroxyl groups is 1. The van der Waals surface area contributed by atoms with E-state index in [4.69, 9.17) is 4.74 Å². The molecular weight excluding hydrogens is 436 g/mol. The Balaban J connectivity index is 1.39. The number of hydrogen-bond donors (Lipinski definition) is 4. The van der Waals surface area contributed by atoms with E-state index in [1.165, 1.54) is 31.4 Å². The molecule has 174 valence electrons. The van der Waals surface area contributed by atoms with Gasteiger partial charge in [-0.3, -0.25) is 19.4 Å². The first-order valence-electron chi connectivity index (χ1n) is 10.7. The fourth-order valence-corrected chi connectivity index (χ4v) is 3.75. The van der Waals surface area contributed by atoms with Gasteiger partial charge in [-0.25, -0.2) is 0 Å². The lowest BCUT2D eigenvalue weighted by Gasteiger charge is -2.21. The molecule has 4 rings (SSSR count). The molecule has 4 N–H and O–H groups in total. The van der Waals surface area contributed by atoms with E-state index in [0.717, 1.165) is 0 Å². The summed E-state index contributed by atoms with van der Waals surface area (Å²) < 4.78 is 5.04. The SMILES string of the molecule is COc1ccc(C(=O)c2ccc(C(=O)NC3CNC[C@H]3NC(=O)c3ccncc3)cc2)c(O)c1. The van der Waals surface area contributed by atoms with Gasteiger partial charge in [0.25, 0.3) is 11.8 Å². The Morgan fingerprint density at radius 2 is 1.44 bits per heavy atom. The Morgan fingerprint density at radius 1 is 0.882 bits per heavy atom. The van der Waals surface area contributed by atoms with Crippen LogP contribution in [0, 0.1) is 0 Å². The van der Waals surface area contributed by atoms with Crippen LogP contribution in [0.25, 0.3) is 0 Å². The Labute approximate surface area is 196 Å². The number of amides is 2. The summed E-state index contributed by atoms with van der Waals surface area (Å²) in [5.74, 6) is -0.661. The average Bonchev–Trinajstić information content (AvgIpc) is 3.30. The monoisotopic (exact) mass is 460 g/mol. The van der Waals surface area contributed by atoms with Crippen LogP contribution < -0.4 is 20.7 Å². The molecule has 1 unspecified atom stereocenters. The Bertz CT molecular complexity index is 1200. The van der Waals surface area contributed by atoms with Gasteiger partial charge in [-0.15, -0.1) is 0 Å². The van der Waals surface area contributed by atoms with Crippen LogP contribution in [-0.2, 0) is 0 Å². The maximum Gasteiger partial charge on any atom is 0.251 e. The van der Waals surface area contributed by atoms with Gasteiger partial charge < -0.3 is 25.8 Å². The van der Waals surface area contributed by atoms with E-state index in [2.05, 4.69) is 20.9 Å². The molecule has 1 aliphatic heterocycles. The minimum Gasteiger partial charge on any atom is -0.507 e. The summed E-state index contributed by atoms with van der Waals surface area (Å²) in [5.41, 5.74) is 1.35. The molecule has 1 fully saturated rings. The molecule has 0 saturated carbocycles. The van der Waals surface area contributed by atoms with E-state index < -0.39 is 0 Å². The third-order valence-electron chi connectivity index (χ3n) is 5.65. The third-order valence-corrected chi connectivity index (χ3v) is 5.65. The van der Waals surface area contributed by atoms with Crippen LogP contribution in [0.1, 0.15) is 36.6 Å². The number of nitrogens with zero attached hydrogens (tertiary/aromatic N) is 1. The van der Waals surface area contributed by atoms with Gasteiger partial charge >= 0.3 is 0 Å². The number of phenols is 1. The van der Waals surface area contributed by atoms with E-state index in [1.54, 1.807) is 42.7 Å². The van der Waals surface area contributed by atoms with E-state index in [-0.39, 0.29) is 41.0 Å². The molecule has 1 aromatic heterocycles. The predicted molar refractivity (Wildman–Crippen MR) is 124 cm³/mol. The molecule has 9 nitrogen and oxygen atoms in total. The van der Waals surface area contributed by atoms with Crippen molar-refractivity contribution >= 4 is 17.6 Å². The number of phenolic OH excluding ortho intramolecular Hbond substituents is 1. The molecule has 1 saturated heterocycles. The number of benzene rings is 2. The fraction of sp³-hybridized carbons (Fsp3) is 0.200. The van der Waals surface area contributed by atoms with Crippen LogP contribution >= 0.6 is 0 Å². The van der Waals surface area contributed by atoms with E-state index in [0.29, 0.717) is 35.5 Å². The van der Waals surface area contributed by atoms with Crippen LogP contribution in [0.2, 0.25) is 0 Å². The molecule has 0 bridgehead atoms. The van der Waals surface area contributed by atoms with Crippen molar-refractivity contribution < 1.29 is 24.2 Å². The van der Waals surface area contributed by atoms with Gasteiger partial charge in [-0.05, 0) is 36.4 Å². The van der Waals surface area contributed by atoms with Crippen molar-refractivity contribution in [1.29, 1.82) is 0 Å². The lowest BCUT2D eigenvalue weighted by molar-refractivity contribution is 0.0896.